The zero-order valence-corrected chi connectivity index (χ0v) is 29.2. The summed E-state index contributed by atoms with van der Waals surface area (Å²) in [5.74, 6) is 0. The molecule has 1 aromatic carbocycles. The zero-order chi connectivity index (χ0) is 29.2. The van der Waals surface area contributed by atoms with E-state index in [-0.39, 0.29) is 18.4 Å². The first-order chi connectivity index (χ1) is 19.9. The average Bonchev–Trinajstić information content (AvgIpc) is 3.58. The molecule has 0 unspecified atom stereocenters. The number of aromatic nitrogens is 2. The number of carbonyl (C=O) groups is 1. The van der Waals surface area contributed by atoms with E-state index in [1.807, 2.05) is 29.4 Å². The Labute approximate surface area is 256 Å². The molecule has 1 fully saturated rings. The second-order valence-electron chi connectivity index (χ2n) is 11.2. The minimum absolute atomic E-state index is 0.0281. The van der Waals surface area contributed by atoms with Crippen LogP contribution in [-0.2, 0) is 11.3 Å². The molecular formula is C30H44N4O4S2Sn. The molecule has 1 saturated heterocycles. The summed E-state index contributed by atoms with van der Waals surface area (Å²) in [6.45, 7) is 8.43. The quantitative estimate of drug-likeness (QED) is 0.0898. The van der Waals surface area contributed by atoms with Crippen LogP contribution in [0.15, 0.2) is 41.8 Å². The Morgan fingerprint density at radius 1 is 1.07 bits per heavy atom. The van der Waals surface area contributed by atoms with Gasteiger partial charge in [0.05, 0.1) is 4.92 Å². The second-order valence-corrected chi connectivity index (χ2v) is 27.7. The second kappa shape index (κ2) is 15.6. The maximum absolute atomic E-state index is 12.6. The third kappa shape index (κ3) is 8.40. The predicted molar refractivity (Wildman–Crippen MR) is 171 cm³/mol. The summed E-state index contributed by atoms with van der Waals surface area (Å²) in [6, 6.07) is 6.11. The topological polar surface area (TPSA) is 90.0 Å². The van der Waals surface area contributed by atoms with Crippen molar-refractivity contribution in [3.63, 3.8) is 0 Å². The Bertz CT molecular complexity index is 1250. The van der Waals surface area contributed by atoms with Gasteiger partial charge in [-0.2, -0.15) is 0 Å². The number of thioether (sulfide) groups is 1. The van der Waals surface area contributed by atoms with E-state index in [2.05, 4.69) is 31.4 Å². The monoisotopic (exact) mass is 708 g/mol. The van der Waals surface area contributed by atoms with E-state index in [1.54, 1.807) is 19.9 Å². The van der Waals surface area contributed by atoms with E-state index in [0.29, 0.717) is 18.3 Å². The maximum atomic E-state index is 12.6. The van der Waals surface area contributed by atoms with Crippen molar-refractivity contribution in [2.24, 2.45) is 0 Å². The molecule has 0 spiro atoms. The summed E-state index contributed by atoms with van der Waals surface area (Å²) in [7, 11) is 0. The number of thiazole rings is 1. The van der Waals surface area contributed by atoms with E-state index in [4.69, 9.17) is 9.72 Å². The Morgan fingerprint density at radius 3 is 2.24 bits per heavy atom. The average molecular weight is 708 g/mol. The molecule has 0 bridgehead atoms. The number of hydrogen-bond donors (Lipinski definition) is 0. The van der Waals surface area contributed by atoms with E-state index >= 15 is 0 Å². The molecule has 0 atom stereocenters. The van der Waals surface area contributed by atoms with Gasteiger partial charge in [-0.1, -0.05) is 0 Å². The van der Waals surface area contributed by atoms with Gasteiger partial charge in [0.25, 0.3) is 5.69 Å². The van der Waals surface area contributed by atoms with Crippen molar-refractivity contribution in [3.8, 4) is 0 Å². The third-order valence-corrected chi connectivity index (χ3v) is 28.9. The van der Waals surface area contributed by atoms with Crippen molar-refractivity contribution in [1.82, 2.24) is 14.3 Å². The van der Waals surface area contributed by atoms with Crippen LogP contribution in [0.3, 0.4) is 0 Å². The van der Waals surface area contributed by atoms with E-state index in [9.17, 15) is 14.9 Å². The van der Waals surface area contributed by atoms with Gasteiger partial charge in [0.2, 0.25) is 0 Å². The van der Waals surface area contributed by atoms with Gasteiger partial charge in [-0.25, -0.2) is 0 Å². The van der Waals surface area contributed by atoms with Gasteiger partial charge in [0, 0.05) is 12.1 Å². The van der Waals surface area contributed by atoms with Gasteiger partial charge in [0.15, 0.2) is 0 Å². The SMILES string of the molecule is CCC[CH2][Sn]([CH2]CCC)([CH2]CCC)[c]1cn2cnc(SC3CCN(C(=O)OCc4ccc([N+](=O)[O-])cc4)CC3)c2s1. The summed E-state index contributed by atoms with van der Waals surface area (Å²) < 4.78 is 13.9. The van der Waals surface area contributed by atoms with Crippen LogP contribution in [0, 0.1) is 10.1 Å². The molecule has 41 heavy (non-hydrogen) atoms. The van der Waals surface area contributed by atoms with Gasteiger partial charge in [-0.05, 0) is 17.7 Å². The van der Waals surface area contributed by atoms with Gasteiger partial charge >= 0.3 is 207 Å². The van der Waals surface area contributed by atoms with Crippen LogP contribution >= 0.6 is 23.1 Å². The van der Waals surface area contributed by atoms with Crippen molar-refractivity contribution in [1.29, 1.82) is 0 Å². The Morgan fingerprint density at radius 2 is 1.68 bits per heavy atom. The van der Waals surface area contributed by atoms with E-state index < -0.39 is 23.3 Å². The number of carbonyl (C=O) groups excluding carboxylic acids is 1. The number of rotatable bonds is 15. The summed E-state index contributed by atoms with van der Waals surface area (Å²) in [4.78, 5) is 30.9. The molecule has 1 aliphatic rings. The summed E-state index contributed by atoms with van der Waals surface area (Å²) in [5.41, 5.74) is 0.765. The van der Waals surface area contributed by atoms with Crippen LogP contribution in [-0.4, -0.2) is 62.0 Å². The first-order valence-corrected chi connectivity index (χ1v) is 24.4. The van der Waals surface area contributed by atoms with Crippen LogP contribution in [0.1, 0.15) is 77.7 Å². The number of ether oxygens (including phenoxy) is 1. The van der Waals surface area contributed by atoms with Crippen molar-refractivity contribution in [2.45, 2.75) is 102 Å². The fourth-order valence-corrected chi connectivity index (χ4v) is 26.9. The number of likely N-dealkylation sites (tertiary alicyclic amines) is 1. The molecule has 3 aromatic rings. The fourth-order valence-electron chi connectivity index (χ4n) is 5.66. The number of benzene rings is 1. The zero-order valence-electron chi connectivity index (χ0n) is 24.7. The number of fused-ring (bicyclic) bond motifs is 1. The number of non-ortho nitro benzene ring substituents is 1. The van der Waals surface area contributed by atoms with Gasteiger partial charge in [-0.15, -0.1) is 0 Å². The van der Waals surface area contributed by atoms with Gasteiger partial charge in [-0.3, -0.25) is 10.1 Å². The first-order valence-electron chi connectivity index (χ1n) is 15.2. The van der Waals surface area contributed by atoms with E-state index in [0.717, 1.165) is 23.4 Å². The predicted octanol–water partition coefficient (Wildman–Crippen LogP) is 8.25. The molecule has 3 heterocycles. The van der Waals surface area contributed by atoms with Crippen molar-refractivity contribution in [3.05, 3.63) is 52.5 Å². The number of nitro benzene ring substituents is 1. The fraction of sp³-hybridized carbons (Fsp3) is 0.600. The molecule has 1 aliphatic heterocycles. The molecule has 2 aromatic heterocycles. The number of nitrogens with zero attached hydrogens (tertiary/aromatic N) is 4. The summed E-state index contributed by atoms with van der Waals surface area (Å²) in [6.07, 6.45) is 13.9. The number of unbranched alkanes of at least 4 members (excludes halogenated alkanes) is 3. The summed E-state index contributed by atoms with van der Waals surface area (Å²) in [5, 5.41) is 12.4. The van der Waals surface area contributed by atoms with E-state index in [1.165, 1.54) is 68.8 Å². The number of nitro groups is 1. The van der Waals surface area contributed by atoms with Crippen molar-refractivity contribution >= 4 is 61.0 Å². The number of imidazole rings is 1. The third-order valence-electron chi connectivity index (χ3n) is 8.22. The standard InChI is InChI=1S/C18H17N4O4S2.3C4H9.Sn/c23-18(26-11-13-1-3-14(4-2-13)22(24)25)20-7-5-15(6-8-20)28-16-17-21(12-19-16)9-10-27-17;3*1-3-4-2;/h1-4,9,12,15H,5-8,11H2;3*1,3-4H2,2H3;. The van der Waals surface area contributed by atoms with Gasteiger partial charge < -0.3 is 0 Å². The van der Waals surface area contributed by atoms with Crippen LogP contribution in [0.4, 0.5) is 10.5 Å². The number of amides is 1. The summed E-state index contributed by atoms with van der Waals surface area (Å²) >= 11 is 1.44. The Balaban J connectivity index is 1.35. The Kier molecular flexibility index (Phi) is 12.2. The van der Waals surface area contributed by atoms with Crippen molar-refractivity contribution < 1.29 is 14.5 Å². The molecule has 11 heteroatoms. The molecule has 0 aliphatic carbocycles. The molecular weight excluding hydrogens is 663 g/mol. The molecule has 0 N–H and O–H groups in total. The Hall–Kier alpha value is -1.79. The molecule has 224 valence electrons. The molecule has 1 amide bonds. The number of hydrogen-bond acceptors (Lipinski definition) is 7. The molecule has 8 nitrogen and oxygen atoms in total. The normalized spacial score (nSPS) is 14.6. The van der Waals surface area contributed by atoms with Crippen LogP contribution < -0.4 is 2.89 Å². The minimum atomic E-state index is -2.48. The van der Waals surface area contributed by atoms with Gasteiger partial charge in [0.1, 0.15) is 0 Å². The molecule has 0 radical (unpaired) electrons. The molecule has 4 rings (SSSR count). The first kappa shape index (κ1) is 32.1. The van der Waals surface area contributed by atoms with Crippen LogP contribution in [0.2, 0.25) is 13.3 Å². The van der Waals surface area contributed by atoms with Crippen LogP contribution in [0.5, 0.6) is 0 Å². The number of piperidine rings is 1. The molecule has 0 saturated carbocycles. The van der Waals surface area contributed by atoms with Crippen LogP contribution in [0.25, 0.3) is 4.83 Å². The van der Waals surface area contributed by atoms with Crippen molar-refractivity contribution in [2.75, 3.05) is 13.1 Å².